The molecule has 1 amide bonds. The van der Waals surface area contributed by atoms with Gasteiger partial charge in [0.1, 0.15) is 5.56 Å². The van der Waals surface area contributed by atoms with Gasteiger partial charge in [0.2, 0.25) is 0 Å². The molecule has 0 fully saturated rings. The third-order valence-electron chi connectivity index (χ3n) is 1.91. The second-order valence-electron chi connectivity index (χ2n) is 3.57. The summed E-state index contributed by atoms with van der Waals surface area (Å²) in [5.74, 6) is 0.00617. The van der Waals surface area contributed by atoms with Crippen molar-refractivity contribution in [3.05, 3.63) is 27.7 Å². The molecule has 1 aromatic carbocycles. The van der Waals surface area contributed by atoms with E-state index in [2.05, 4.69) is 5.32 Å². The van der Waals surface area contributed by atoms with E-state index in [4.69, 9.17) is 27.9 Å². The van der Waals surface area contributed by atoms with Gasteiger partial charge in [-0.25, -0.2) is 0 Å². The van der Waals surface area contributed by atoms with Crippen LogP contribution in [0.5, 0.6) is 5.75 Å². The highest BCUT2D eigenvalue weighted by Crippen LogP contribution is 2.33. The molecule has 0 spiro atoms. The Bertz CT molecular complexity index is 405. The van der Waals surface area contributed by atoms with Crippen LogP contribution in [0.1, 0.15) is 24.2 Å². The van der Waals surface area contributed by atoms with Gasteiger partial charge in [0.25, 0.3) is 5.91 Å². The molecular weight excluding hydrogens is 249 g/mol. The Balaban J connectivity index is 3.20. The Morgan fingerprint density at radius 2 is 1.88 bits per heavy atom. The molecule has 0 saturated heterocycles. The summed E-state index contributed by atoms with van der Waals surface area (Å²) >= 11 is 11.9. The van der Waals surface area contributed by atoms with Crippen LogP contribution < -0.4 is 10.1 Å². The molecule has 0 heterocycles. The third kappa shape index (κ3) is 2.80. The molecule has 5 heteroatoms. The first kappa shape index (κ1) is 13.1. The summed E-state index contributed by atoms with van der Waals surface area (Å²) in [4.78, 5) is 11.9. The molecular formula is C11H13Cl2NO2. The van der Waals surface area contributed by atoms with Crippen molar-refractivity contribution in [3.8, 4) is 5.75 Å². The van der Waals surface area contributed by atoms with Gasteiger partial charge in [0, 0.05) is 6.04 Å². The number of carbonyl (C=O) groups excluding carboxylic acids is 1. The first-order valence-electron chi connectivity index (χ1n) is 4.80. The van der Waals surface area contributed by atoms with E-state index in [0.717, 1.165) is 0 Å². The summed E-state index contributed by atoms with van der Waals surface area (Å²) in [5, 5.41) is 3.42. The quantitative estimate of drug-likeness (QED) is 0.908. The zero-order valence-electron chi connectivity index (χ0n) is 9.30. The van der Waals surface area contributed by atoms with E-state index in [0.29, 0.717) is 15.8 Å². The van der Waals surface area contributed by atoms with Crippen LogP contribution >= 0.6 is 23.2 Å². The lowest BCUT2D eigenvalue weighted by Gasteiger charge is -2.13. The van der Waals surface area contributed by atoms with E-state index in [-0.39, 0.29) is 17.5 Å². The molecule has 0 bridgehead atoms. The van der Waals surface area contributed by atoms with E-state index < -0.39 is 0 Å². The van der Waals surface area contributed by atoms with Crippen LogP contribution in [-0.4, -0.2) is 19.1 Å². The van der Waals surface area contributed by atoms with Crippen molar-refractivity contribution in [3.63, 3.8) is 0 Å². The molecule has 0 aromatic heterocycles. The van der Waals surface area contributed by atoms with Crippen molar-refractivity contribution in [1.29, 1.82) is 0 Å². The lowest BCUT2D eigenvalue weighted by atomic mass is 10.1. The number of hydrogen-bond donors (Lipinski definition) is 1. The Hall–Kier alpha value is -0.930. The normalized spacial score (nSPS) is 10.4. The van der Waals surface area contributed by atoms with Crippen LogP contribution in [0, 0.1) is 0 Å². The van der Waals surface area contributed by atoms with Crippen LogP contribution in [-0.2, 0) is 0 Å². The van der Waals surface area contributed by atoms with E-state index in [1.807, 2.05) is 13.8 Å². The number of methoxy groups -OCH3 is 1. The molecule has 1 aromatic rings. The van der Waals surface area contributed by atoms with Crippen molar-refractivity contribution in [2.45, 2.75) is 19.9 Å². The molecule has 3 nitrogen and oxygen atoms in total. The van der Waals surface area contributed by atoms with Gasteiger partial charge in [0.15, 0.2) is 5.75 Å². The highest BCUT2D eigenvalue weighted by atomic mass is 35.5. The molecule has 16 heavy (non-hydrogen) atoms. The number of halogens is 2. The maximum absolute atomic E-state index is 11.9. The number of benzene rings is 1. The van der Waals surface area contributed by atoms with Gasteiger partial charge in [-0.05, 0) is 26.0 Å². The van der Waals surface area contributed by atoms with Crippen LogP contribution in [0.4, 0.5) is 0 Å². The topological polar surface area (TPSA) is 38.3 Å². The lowest BCUT2D eigenvalue weighted by molar-refractivity contribution is 0.0940. The SMILES string of the molecule is COc1c(Cl)ccc(Cl)c1C(=O)NC(C)C. The second kappa shape index (κ2) is 5.41. The Morgan fingerprint density at radius 3 is 2.38 bits per heavy atom. The minimum atomic E-state index is -0.292. The fourth-order valence-corrected chi connectivity index (χ4v) is 1.75. The van der Waals surface area contributed by atoms with E-state index in [1.165, 1.54) is 7.11 Å². The van der Waals surface area contributed by atoms with Crippen molar-refractivity contribution in [1.82, 2.24) is 5.32 Å². The van der Waals surface area contributed by atoms with Crippen LogP contribution in [0.25, 0.3) is 0 Å². The molecule has 0 aliphatic rings. The molecule has 0 unspecified atom stereocenters. The van der Waals surface area contributed by atoms with Crippen molar-refractivity contribution in [2.24, 2.45) is 0 Å². The maximum atomic E-state index is 11.9. The fourth-order valence-electron chi connectivity index (χ4n) is 1.28. The van der Waals surface area contributed by atoms with Gasteiger partial charge in [-0.15, -0.1) is 0 Å². The van der Waals surface area contributed by atoms with Gasteiger partial charge >= 0.3 is 0 Å². The summed E-state index contributed by atoms with van der Waals surface area (Å²) in [5.41, 5.74) is 0.269. The molecule has 88 valence electrons. The number of ether oxygens (including phenoxy) is 1. The molecule has 0 aliphatic heterocycles. The summed E-state index contributed by atoms with van der Waals surface area (Å²) in [6.07, 6.45) is 0. The Labute approximate surface area is 105 Å². The monoisotopic (exact) mass is 261 g/mol. The summed E-state index contributed by atoms with van der Waals surface area (Å²) in [7, 11) is 1.45. The summed E-state index contributed by atoms with van der Waals surface area (Å²) < 4.78 is 5.08. The van der Waals surface area contributed by atoms with Gasteiger partial charge < -0.3 is 10.1 Å². The average molecular weight is 262 g/mol. The predicted molar refractivity (Wildman–Crippen MR) is 65.6 cm³/mol. The number of carbonyl (C=O) groups is 1. The van der Waals surface area contributed by atoms with Crippen molar-refractivity contribution in [2.75, 3.05) is 7.11 Å². The maximum Gasteiger partial charge on any atom is 0.256 e. The van der Waals surface area contributed by atoms with E-state index in [1.54, 1.807) is 12.1 Å². The zero-order valence-corrected chi connectivity index (χ0v) is 10.8. The molecule has 0 atom stereocenters. The summed E-state index contributed by atoms with van der Waals surface area (Å²) in [6, 6.07) is 3.18. The molecule has 1 N–H and O–H groups in total. The second-order valence-corrected chi connectivity index (χ2v) is 4.38. The molecule has 0 radical (unpaired) electrons. The van der Waals surface area contributed by atoms with Gasteiger partial charge in [-0.2, -0.15) is 0 Å². The van der Waals surface area contributed by atoms with Crippen molar-refractivity contribution < 1.29 is 9.53 Å². The minimum absolute atomic E-state index is 0.0206. The first-order valence-corrected chi connectivity index (χ1v) is 5.55. The number of rotatable bonds is 3. The molecule has 0 aliphatic carbocycles. The summed E-state index contributed by atoms with van der Waals surface area (Å²) in [6.45, 7) is 3.73. The van der Waals surface area contributed by atoms with Gasteiger partial charge in [-0.1, -0.05) is 23.2 Å². The minimum Gasteiger partial charge on any atom is -0.494 e. The highest BCUT2D eigenvalue weighted by Gasteiger charge is 2.19. The highest BCUT2D eigenvalue weighted by molar-refractivity contribution is 6.37. The van der Waals surface area contributed by atoms with Crippen LogP contribution in [0.3, 0.4) is 0 Å². The average Bonchev–Trinajstić information content (AvgIpc) is 2.19. The number of hydrogen-bond acceptors (Lipinski definition) is 2. The number of nitrogens with one attached hydrogen (secondary N) is 1. The largest absolute Gasteiger partial charge is 0.494 e. The zero-order chi connectivity index (χ0) is 12.3. The molecule has 0 saturated carbocycles. The third-order valence-corrected chi connectivity index (χ3v) is 2.52. The first-order chi connectivity index (χ1) is 7.47. The smallest absolute Gasteiger partial charge is 0.256 e. The van der Waals surface area contributed by atoms with Gasteiger partial charge in [-0.3, -0.25) is 4.79 Å². The number of amides is 1. The van der Waals surface area contributed by atoms with Crippen LogP contribution in [0.15, 0.2) is 12.1 Å². The van der Waals surface area contributed by atoms with E-state index in [9.17, 15) is 4.79 Å². The molecule has 1 rings (SSSR count). The lowest BCUT2D eigenvalue weighted by Crippen LogP contribution is -2.30. The van der Waals surface area contributed by atoms with Crippen LogP contribution in [0.2, 0.25) is 10.0 Å². The Morgan fingerprint density at radius 1 is 1.31 bits per heavy atom. The predicted octanol–water partition coefficient (Wildman–Crippen LogP) is 3.14. The van der Waals surface area contributed by atoms with Gasteiger partial charge in [0.05, 0.1) is 17.2 Å². The Kier molecular flexibility index (Phi) is 4.44. The standard InChI is InChI=1S/C11H13Cl2NO2/c1-6(2)14-11(15)9-7(12)4-5-8(13)10(9)16-3/h4-6H,1-3H3,(H,14,15). The van der Waals surface area contributed by atoms with E-state index >= 15 is 0 Å². The fraction of sp³-hybridized carbons (Fsp3) is 0.364. The van der Waals surface area contributed by atoms with Crippen molar-refractivity contribution >= 4 is 29.1 Å².